The van der Waals surface area contributed by atoms with Crippen LogP contribution in [-0.4, -0.2) is 13.0 Å². The molecule has 74 valence electrons. The van der Waals surface area contributed by atoms with E-state index < -0.39 is 10.1 Å². The summed E-state index contributed by atoms with van der Waals surface area (Å²) in [5, 5.41) is 0. The third-order valence-corrected chi connectivity index (χ3v) is 2.16. The Kier molecular flexibility index (Phi) is 10.5. The molecule has 0 N–H and O–H groups in total. The van der Waals surface area contributed by atoms with Crippen LogP contribution in [0.4, 0.5) is 0 Å². The van der Waals surface area contributed by atoms with Crippen LogP contribution in [0.5, 0.6) is 0 Å². The van der Waals surface area contributed by atoms with Gasteiger partial charge in [0.15, 0.2) is 0 Å². The van der Waals surface area contributed by atoms with Crippen LogP contribution in [0.1, 0.15) is 5.56 Å². The molecule has 0 aromatic heterocycles. The van der Waals surface area contributed by atoms with E-state index in [0.717, 1.165) is 5.56 Å². The Morgan fingerprint density at radius 2 is 1.50 bits per heavy atom. The van der Waals surface area contributed by atoms with E-state index >= 15 is 0 Å². The van der Waals surface area contributed by atoms with E-state index in [1.54, 1.807) is 12.1 Å². The zero-order valence-corrected chi connectivity index (χ0v) is 12.8. The van der Waals surface area contributed by atoms with Gasteiger partial charge < -0.3 is 4.55 Å². The second kappa shape index (κ2) is 8.35. The summed E-state index contributed by atoms with van der Waals surface area (Å²) in [5.41, 5.74) is 0.928. The SMILES string of the molecule is Cc1ccc(S(=O)(=O)[O-])cc1.II.[Li+]. The zero-order valence-electron chi connectivity index (χ0n) is 7.70. The number of halogens is 2. The van der Waals surface area contributed by atoms with Crippen LogP contribution in [0, 0.1) is 6.92 Å². The molecule has 1 aromatic carbocycles. The average Bonchev–Trinajstić information content (AvgIpc) is 2.07. The minimum atomic E-state index is -4.27. The first kappa shape index (κ1) is 17.6. The Bertz CT molecular complexity index is 350. The van der Waals surface area contributed by atoms with Gasteiger partial charge in [-0.25, -0.2) is 8.42 Å². The van der Waals surface area contributed by atoms with Crippen LogP contribution >= 0.6 is 37.2 Å². The van der Waals surface area contributed by atoms with Gasteiger partial charge in [0.2, 0.25) is 0 Å². The van der Waals surface area contributed by atoms with Gasteiger partial charge in [-0.2, -0.15) is 0 Å². The molecule has 14 heavy (non-hydrogen) atoms. The molecule has 0 aliphatic rings. The molecule has 0 bridgehead atoms. The molecule has 0 aliphatic carbocycles. The fourth-order valence-electron chi connectivity index (χ4n) is 0.705. The van der Waals surface area contributed by atoms with E-state index in [4.69, 9.17) is 0 Å². The molecular formula is C7H7I2LiO3S. The van der Waals surface area contributed by atoms with Crippen LogP contribution in [-0.2, 0) is 10.1 Å². The van der Waals surface area contributed by atoms with E-state index in [1.807, 2.05) is 6.92 Å². The Morgan fingerprint density at radius 1 is 1.14 bits per heavy atom. The molecule has 0 atom stereocenters. The van der Waals surface area contributed by atoms with Crippen molar-refractivity contribution < 1.29 is 31.8 Å². The molecular weight excluding hydrogens is 425 g/mol. The first-order valence-corrected chi connectivity index (χ1v) is 10.9. The van der Waals surface area contributed by atoms with Crippen LogP contribution in [0.15, 0.2) is 29.2 Å². The van der Waals surface area contributed by atoms with E-state index in [2.05, 4.69) is 37.2 Å². The van der Waals surface area contributed by atoms with Crippen molar-refractivity contribution in [3.63, 3.8) is 0 Å². The maximum absolute atomic E-state index is 10.4. The van der Waals surface area contributed by atoms with Crippen LogP contribution in [0.25, 0.3) is 0 Å². The molecule has 0 heterocycles. The molecule has 1 rings (SSSR count). The number of rotatable bonds is 1. The van der Waals surface area contributed by atoms with Crippen molar-refractivity contribution in [2.45, 2.75) is 11.8 Å². The molecule has 0 fully saturated rings. The molecule has 0 spiro atoms. The van der Waals surface area contributed by atoms with Crippen LogP contribution < -0.4 is 18.9 Å². The summed E-state index contributed by atoms with van der Waals surface area (Å²) in [5.74, 6) is 0. The van der Waals surface area contributed by atoms with Crippen molar-refractivity contribution in [1.29, 1.82) is 0 Å². The Balaban J connectivity index is 0. The summed E-state index contributed by atoms with van der Waals surface area (Å²) >= 11 is 4.24. The van der Waals surface area contributed by atoms with Crippen molar-refractivity contribution in [2.24, 2.45) is 0 Å². The Labute approximate surface area is 119 Å². The summed E-state index contributed by atoms with van der Waals surface area (Å²) in [6.07, 6.45) is 0. The van der Waals surface area contributed by atoms with E-state index in [-0.39, 0.29) is 23.8 Å². The summed E-state index contributed by atoms with van der Waals surface area (Å²) in [4.78, 5) is -0.178. The van der Waals surface area contributed by atoms with Crippen molar-refractivity contribution in [3.8, 4) is 0 Å². The molecule has 0 unspecified atom stereocenters. The maximum Gasteiger partial charge on any atom is 1.00 e. The molecule has 0 saturated carbocycles. The summed E-state index contributed by atoms with van der Waals surface area (Å²) < 4.78 is 31.2. The van der Waals surface area contributed by atoms with Crippen molar-refractivity contribution in [3.05, 3.63) is 29.8 Å². The van der Waals surface area contributed by atoms with Gasteiger partial charge in [0, 0.05) is 37.2 Å². The Morgan fingerprint density at radius 3 is 1.79 bits per heavy atom. The number of aryl methyl sites for hydroxylation is 1. The minimum absolute atomic E-state index is 0. The van der Waals surface area contributed by atoms with Gasteiger partial charge in [0.05, 0.1) is 4.90 Å². The maximum atomic E-state index is 10.4. The zero-order chi connectivity index (χ0) is 10.5. The topological polar surface area (TPSA) is 57.2 Å². The predicted molar refractivity (Wildman–Crippen MR) is 67.2 cm³/mol. The molecule has 0 amide bonds. The monoisotopic (exact) mass is 432 g/mol. The molecule has 7 heteroatoms. The van der Waals surface area contributed by atoms with E-state index in [1.165, 1.54) is 12.1 Å². The largest absolute Gasteiger partial charge is 1.00 e. The van der Waals surface area contributed by atoms with E-state index in [0.29, 0.717) is 0 Å². The minimum Gasteiger partial charge on any atom is -0.744 e. The fourth-order valence-corrected chi connectivity index (χ4v) is 1.17. The first-order chi connectivity index (χ1) is 6.00. The molecule has 1 aromatic rings. The fraction of sp³-hybridized carbons (Fsp3) is 0.143. The number of hydrogen-bond donors (Lipinski definition) is 0. The van der Waals surface area contributed by atoms with Crippen molar-refractivity contribution >= 4 is 47.3 Å². The van der Waals surface area contributed by atoms with Gasteiger partial charge in [-0.1, -0.05) is 17.7 Å². The second-order valence-corrected chi connectivity index (χ2v) is 3.65. The summed E-state index contributed by atoms with van der Waals surface area (Å²) in [6, 6.07) is 5.78. The van der Waals surface area contributed by atoms with Gasteiger partial charge in [-0.3, -0.25) is 0 Å². The standard InChI is InChI=1S/C7H8O3S.I2.Li/c1-6-2-4-7(5-3-6)11(8,9)10;1-2;/h2-5H,1H3,(H,8,9,10);;/q;;+1/p-1. The smallest absolute Gasteiger partial charge is 0.744 e. The second-order valence-electron chi connectivity index (χ2n) is 2.27. The summed E-state index contributed by atoms with van der Waals surface area (Å²) in [6.45, 7) is 1.82. The van der Waals surface area contributed by atoms with Gasteiger partial charge in [-0.15, -0.1) is 0 Å². The quantitative estimate of drug-likeness (QED) is 0.348. The van der Waals surface area contributed by atoms with Gasteiger partial charge >= 0.3 is 18.9 Å². The molecule has 0 aliphatic heterocycles. The van der Waals surface area contributed by atoms with Gasteiger partial charge in [-0.05, 0) is 19.1 Å². The number of hydrogen-bond acceptors (Lipinski definition) is 3. The molecule has 0 saturated heterocycles. The molecule has 0 radical (unpaired) electrons. The van der Waals surface area contributed by atoms with Crippen LogP contribution in [0.2, 0.25) is 0 Å². The third kappa shape index (κ3) is 6.63. The first-order valence-electron chi connectivity index (χ1n) is 3.17. The van der Waals surface area contributed by atoms with Gasteiger partial charge in [0.1, 0.15) is 10.1 Å². The van der Waals surface area contributed by atoms with Crippen molar-refractivity contribution in [2.75, 3.05) is 0 Å². The normalized spacial score (nSPS) is 9.43. The van der Waals surface area contributed by atoms with Crippen molar-refractivity contribution in [1.82, 2.24) is 0 Å². The summed E-state index contributed by atoms with van der Waals surface area (Å²) in [7, 11) is -4.27. The van der Waals surface area contributed by atoms with Crippen LogP contribution in [0.3, 0.4) is 0 Å². The van der Waals surface area contributed by atoms with Gasteiger partial charge in [0.25, 0.3) is 0 Å². The third-order valence-electron chi connectivity index (χ3n) is 1.31. The average molecular weight is 432 g/mol. The number of benzene rings is 1. The predicted octanol–water partition coefficient (Wildman–Crippen LogP) is -0.325. The molecule has 3 nitrogen and oxygen atoms in total. The Hall–Kier alpha value is 1.19. The van der Waals surface area contributed by atoms with E-state index in [9.17, 15) is 13.0 Å².